The van der Waals surface area contributed by atoms with Crippen molar-refractivity contribution >= 4 is 5.84 Å². The normalized spacial score (nSPS) is 12.9. The van der Waals surface area contributed by atoms with Gasteiger partial charge in [0.05, 0.1) is 0 Å². The fourth-order valence-corrected chi connectivity index (χ4v) is 0.912. The molecule has 0 aliphatic rings. The van der Waals surface area contributed by atoms with E-state index in [0.29, 0.717) is 5.92 Å². The number of hydrazine groups is 1. The molecule has 0 saturated heterocycles. The Bertz CT molecular complexity index is 143. The maximum Gasteiger partial charge on any atom is 0.138 e. The van der Waals surface area contributed by atoms with Crippen LogP contribution in [-0.4, -0.2) is 17.9 Å². The zero-order chi connectivity index (χ0) is 11.6. The molecule has 4 heteroatoms. The monoisotopic (exact) mass is 202 g/mol. The zero-order valence-electron chi connectivity index (χ0n) is 10.2. The van der Waals surface area contributed by atoms with E-state index < -0.39 is 0 Å². The zero-order valence-corrected chi connectivity index (χ0v) is 10.2. The van der Waals surface area contributed by atoms with E-state index in [0.717, 1.165) is 18.7 Å². The van der Waals surface area contributed by atoms with Gasteiger partial charge in [0, 0.05) is 13.5 Å². The van der Waals surface area contributed by atoms with Crippen LogP contribution in [0.1, 0.15) is 47.0 Å². The first-order chi connectivity index (χ1) is 6.61. The Labute approximate surface area is 88.3 Å². The highest BCUT2D eigenvalue weighted by atomic mass is 15.4. The van der Waals surface area contributed by atoms with Crippen LogP contribution in [0.4, 0.5) is 0 Å². The molecule has 0 aromatic rings. The van der Waals surface area contributed by atoms with Gasteiger partial charge in [-0.15, -0.1) is 0 Å². The molecule has 0 saturated carbocycles. The minimum atomic E-state index is 0.710. The van der Waals surface area contributed by atoms with Crippen molar-refractivity contribution in [1.29, 1.82) is 0 Å². The van der Waals surface area contributed by atoms with Gasteiger partial charge >= 0.3 is 0 Å². The number of nitrogens with two attached hydrogens (primary N) is 2. The Hall–Kier alpha value is -0.770. The molecule has 14 heavy (non-hydrogen) atoms. The fraction of sp³-hybridized carbons (Fsp3) is 0.900. The highest BCUT2D eigenvalue weighted by molar-refractivity contribution is 5.81. The molecule has 0 amide bonds. The third-order valence-electron chi connectivity index (χ3n) is 2.11. The molecule has 0 rings (SSSR count). The average molecular weight is 202 g/mol. The van der Waals surface area contributed by atoms with Gasteiger partial charge in [0.25, 0.3) is 0 Å². The summed E-state index contributed by atoms with van der Waals surface area (Å²) < 4.78 is 0. The maximum atomic E-state index is 5.50. The summed E-state index contributed by atoms with van der Waals surface area (Å²) >= 11 is 0. The molecule has 0 aliphatic carbocycles. The molecule has 4 N–H and O–H groups in total. The van der Waals surface area contributed by atoms with Crippen LogP contribution in [0.2, 0.25) is 0 Å². The van der Waals surface area contributed by atoms with Gasteiger partial charge in [-0.05, 0) is 12.3 Å². The molecule has 86 valence electrons. The van der Waals surface area contributed by atoms with Crippen LogP contribution in [0.5, 0.6) is 0 Å². The number of hydrazone groups is 1. The van der Waals surface area contributed by atoms with Crippen LogP contribution in [0.15, 0.2) is 5.10 Å². The van der Waals surface area contributed by atoms with Crippen molar-refractivity contribution < 1.29 is 0 Å². The van der Waals surface area contributed by atoms with E-state index in [-0.39, 0.29) is 0 Å². The van der Waals surface area contributed by atoms with Gasteiger partial charge < -0.3 is 10.9 Å². The van der Waals surface area contributed by atoms with E-state index in [1.165, 1.54) is 11.4 Å². The molecule has 0 aromatic carbocycles. The van der Waals surface area contributed by atoms with Gasteiger partial charge in [0.1, 0.15) is 5.84 Å². The van der Waals surface area contributed by atoms with Gasteiger partial charge in [-0.3, -0.25) is 0 Å². The molecule has 1 atom stereocenters. The van der Waals surface area contributed by atoms with Gasteiger partial charge in [-0.2, -0.15) is 5.10 Å². The number of hydrogen-bond acceptors (Lipinski definition) is 3. The smallest absolute Gasteiger partial charge is 0.138 e. The lowest BCUT2D eigenvalue weighted by molar-refractivity contribution is 0.482. The fourth-order valence-electron chi connectivity index (χ4n) is 0.912. The summed E-state index contributed by atoms with van der Waals surface area (Å²) in [4.78, 5) is 0. The summed E-state index contributed by atoms with van der Waals surface area (Å²) in [5, 5.41) is 5.09. The Balaban J connectivity index is 0. The second kappa shape index (κ2) is 10.3. The molecule has 0 heterocycles. The summed E-state index contributed by atoms with van der Waals surface area (Å²) in [7, 11) is 1.75. The summed E-state index contributed by atoms with van der Waals surface area (Å²) in [5.41, 5.74) is 0. The molecule has 0 fully saturated rings. The lowest BCUT2D eigenvalue weighted by Crippen LogP contribution is -2.34. The van der Waals surface area contributed by atoms with Crippen molar-refractivity contribution in [2.24, 2.45) is 22.7 Å². The van der Waals surface area contributed by atoms with Crippen LogP contribution < -0.4 is 11.7 Å². The number of rotatable bonds is 4. The van der Waals surface area contributed by atoms with E-state index in [4.69, 9.17) is 11.7 Å². The average Bonchev–Trinajstić information content (AvgIpc) is 2.21. The Morgan fingerprint density at radius 3 is 2.21 bits per heavy atom. The van der Waals surface area contributed by atoms with Gasteiger partial charge in [-0.1, -0.05) is 34.1 Å². The van der Waals surface area contributed by atoms with Crippen molar-refractivity contribution in [2.45, 2.75) is 47.0 Å². The van der Waals surface area contributed by atoms with Crippen molar-refractivity contribution in [3.05, 3.63) is 0 Å². The lowest BCUT2D eigenvalue weighted by Gasteiger charge is -2.15. The first kappa shape index (κ1) is 15.7. The SMILES string of the molecule is CC.CCC(C)CC/C(=N/N)N(C)N. The molecular weight excluding hydrogens is 176 g/mol. The summed E-state index contributed by atoms with van der Waals surface area (Å²) in [6.45, 7) is 8.39. The van der Waals surface area contributed by atoms with E-state index in [9.17, 15) is 0 Å². The molecule has 1 unspecified atom stereocenters. The van der Waals surface area contributed by atoms with Gasteiger partial charge in [0.2, 0.25) is 0 Å². The van der Waals surface area contributed by atoms with E-state index in [2.05, 4.69) is 18.9 Å². The third-order valence-corrected chi connectivity index (χ3v) is 2.11. The molecule has 4 nitrogen and oxygen atoms in total. The van der Waals surface area contributed by atoms with E-state index >= 15 is 0 Å². The Morgan fingerprint density at radius 2 is 1.93 bits per heavy atom. The summed E-state index contributed by atoms with van der Waals surface area (Å²) in [6.07, 6.45) is 3.14. The Kier molecular flexibility index (Phi) is 11.6. The van der Waals surface area contributed by atoms with E-state index in [1.807, 2.05) is 13.8 Å². The number of amidine groups is 1. The van der Waals surface area contributed by atoms with Crippen molar-refractivity contribution in [1.82, 2.24) is 5.01 Å². The topological polar surface area (TPSA) is 67.6 Å². The van der Waals surface area contributed by atoms with Crippen molar-refractivity contribution in [3.63, 3.8) is 0 Å². The summed E-state index contributed by atoms with van der Waals surface area (Å²) in [5.74, 6) is 12.1. The van der Waals surface area contributed by atoms with Crippen molar-refractivity contribution in [2.75, 3.05) is 7.05 Å². The highest BCUT2D eigenvalue weighted by Crippen LogP contribution is 2.09. The van der Waals surface area contributed by atoms with Crippen LogP contribution in [0, 0.1) is 5.92 Å². The highest BCUT2D eigenvalue weighted by Gasteiger charge is 2.05. The van der Waals surface area contributed by atoms with Crippen LogP contribution in [-0.2, 0) is 0 Å². The first-order valence-corrected chi connectivity index (χ1v) is 5.37. The van der Waals surface area contributed by atoms with E-state index in [1.54, 1.807) is 7.05 Å². The van der Waals surface area contributed by atoms with Crippen LogP contribution >= 0.6 is 0 Å². The van der Waals surface area contributed by atoms with Crippen LogP contribution in [0.25, 0.3) is 0 Å². The number of nitrogens with zero attached hydrogens (tertiary/aromatic N) is 2. The predicted octanol–water partition coefficient (Wildman–Crippen LogP) is 1.92. The van der Waals surface area contributed by atoms with Crippen molar-refractivity contribution in [3.8, 4) is 0 Å². The number of hydrogen-bond donors (Lipinski definition) is 2. The minimum Gasteiger partial charge on any atom is -0.322 e. The van der Waals surface area contributed by atoms with Gasteiger partial charge in [0.15, 0.2) is 0 Å². The quantitative estimate of drug-likeness (QED) is 0.317. The molecule has 0 bridgehead atoms. The largest absolute Gasteiger partial charge is 0.322 e. The van der Waals surface area contributed by atoms with Gasteiger partial charge in [-0.25, -0.2) is 5.84 Å². The maximum absolute atomic E-state index is 5.50. The molecule has 0 aliphatic heterocycles. The third kappa shape index (κ3) is 7.86. The second-order valence-corrected chi connectivity index (χ2v) is 3.21. The molecular formula is C10H26N4. The summed E-state index contributed by atoms with van der Waals surface area (Å²) in [6, 6.07) is 0. The molecule has 0 spiro atoms. The minimum absolute atomic E-state index is 0.710. The first-order valence-electron chi connectivity index (χ1n) is 5.37. The van der Waals surface area contributed by atoms with Crippen LogP contribution in [0.3, 0.4) is 0 Å². The molecule has 0 aromatic heterocycles. The Morgan fingerprint density at radius 1 is 1.43 bits per heavy atom. The lowest BCUT2D eigenvalue weighted by atomic mass is 10.0. The predicted molar refractivity (Wildman–Crippen MR) is 63.6 cm³/mol. The standard InChI is InChI=1S/C8H20N4.C2H6/c1-4-7(2)5-6-8(11-9)12(3)10;1-2/h7H,4-6,9-10H2,1-3H3;1-2H3/b11-8-;. The second-order valence-electron chi connectivity index (χ2n) is 3.21. The molecule has 0 radical (unpaired) electrons.